The molecule has 0 fully saturated rings. The van der Waals surface area contributed by atoms with Gasteiger partial charge in [-0.15, -0.1) is 0 Å². The summed E-state index contributed by atoms with van der Waals surface area (Å²) in [4.78, 5) is 39.9. The third-order valence-electron chi connectivity index (χ3n) is 1.80. The van der Waals surface area contributed by atoms with Gasteiger partial charge in [-0.3, -0.25) is 0 Å². The largest absolute Gasteiger partial charge is 1.00 e. The van der Waals surface area contributed by atoms with Crippen LogP contribution in [0.15, 0.2) is 0 Å². The molecular formula is C5H13NNa4O7P2. The van der Waals surface area contributed by atoms with E-state index in [0.29, 0.717) is 0 Å². The normalized spacial score (nSPS) is 19.2. The molecule has 19 heavy (non-hydrogen) atoms. The van der Waals surface area contributed by atoms with Gasteiger partial charge in [0.1, 0.15) is 0 Å². The van der Waals surface area contributed by atoms with Crippen molar-refractivity contribution in [1.29, 1.82) is 0 Å². The smallest absolute Gasteiger partial charge is 0.776 e. The summed E-state index contributed by atoms with van der Waals surface area (Å²) in [5.41, 5.74) is 0. The number of nitrogens with zero attached hydrogens (tertiary/aromatic N) is 1. The molecule has 0 aromatic heterocycles. The number of aliphatic hydroxyl groups is 1. The molecule has 94 valence electrons. The van der Waals surface area contributed by atoms with Crippen molar-refractivity contribution in [1.82, 2.24) is 4.90 Å². The molecule has 2 radical (unpaired) electrons. The Morgan fingerprint density at radius 2 is 1.32 bits per heavy atom. The van der Waals surface area contributed by atoms with Gasteiger partial charge in [0.2, 0.25) is 0 Å². The van der Waals surface area contributed by atoms with Crippen LogP contribution < -0.4 is 68.9 Å². The Morgan fingerprint density at radius 1 is 1.05 bits per heavy atom. The van der Waals surface area contributed by atoms with Gasteiger partial charge in [0, 0.05) is 72.1 Å². The molecule has 0 spiro atoms. The molecule has 0 aliphatic carbocycles. The van der Waals surface area contributed by atoms with E-state index >= 15 is 0 Å². The molecule has 0 aromatic carbocycles. The van der Waals surface area contributed by atoms with E-state index in [0.717, 1.165) is 0 Å². The van der Waals surface area contributed by atoms with Crippen molar-refractivity contribution in [3.8, 4) is 0 Å². The third kappa shape index (κ3) is 11.4. The van der Waals surface area contributed by atoms with Crippen molar-refractivity contribution in [3.05, 3.63) is 0 Å². The van der Waals surface area contributed by atoms with Crippen molar-refractivity contribution < 1.29 is 92.9 Å². The maximum atomic E-state index is 10.7. The van der Waals surface area contributed by atoms with Gasteiger partial charge in [0.25, 0.3) is 0 Å². The van der Waals surface area contributed by atoms with Crippen LogP contribution in [0.4, 0.5) is 0 Å². The molecule has 2 unspecified atom stereocenters. The molecule has 0 rings (SSSR count). The van der Waals surface area contributed by atoms with Crippen LogP contribution in [0.25, 0.3) is 0 Å². The van der Waals surface area contributed by atoms with Gasteiger partial charge in [-0.25, -0.2) is 0 Å². The first-order valence-electron chi connectivity index (χ1n) is 3.87. The molecule has 0 aromatic rings. The summed E-state index contributed by atoms with van der Waals surface area (Å²) in [5.74, 6) is 0. The summed E-state index contributed by atoms with van der Waals surface area (Å²) < 4.78 is 21.4. The van der Waals surface area contributed by atoms with Gasteiger partial charge in [0.15, 0.2) is 20.3 Å². The van der Waals surface area contributed by atoms with Crippen molar-refractivity contribution >= 4 is 74.3 Å². The monoisotopic (exact) mass is 353 g/mol. The van der Waals surface area contributed by atoms with E-state index in [2.05, 4.69) is 0 Å². The molecule has 0 aliphatic rings. The summed E-state index contributed by atoms with van der Waals surface area (Å²) >= 11 is 0. The van der Waals surface area contributed by atoms with E-state index in [1.165, 1.54) is 19.0 Å². The minimum absolute atomic E-state index is 0. The van der Waals surface area contributed by atoms with E-state index in [1.807, 2.05) is 0 Å². The SMILES string of the molecule is CN(C)CCC(O)(P(=O)([O-])O)P(=O)([O-])O.[Na+].[Na+].[Na].[Na]. The van der Waals surface area contributed by atoms with Gasteiger partial charge in [0.05, 0.1) is 0 Å². The average Bonchev–Trinajstić information content (AvgIpc) is 1.95. The molecule has 0 saturated heterocycles. The zero-order valence-electron chi connectivity index (χ0n) is 12.2. The van der Waals surface area contributed by atoms with E-state index in [1.54, 1.807) is 0 Å². The Bertz CT molecular complexity index is 297. The first-order valence-corrected chi connectivity index (χ1v) is 7.02. The molecular weight excluding hydrogens is 340 g/mol. The molecule has 0 saturated carbocycles. The van der Waals surface area contributed by atoms with Gasteiger partial charge in [-0.2, -0.15) is 0 Å². The maximum Gasteiger partial charge on any atom is 1.00 e. The number of hydrogen-bond donors (Lipinski definition) is 3. The molecule has 0 aliphatic heterocycles. The predicted octanol–water partition coefficient (Wildman–Crippen LogP) is -9.08. The van der Waals surface area contributed by atoms with Gasteiger partial charge >= 0.3 is 59.1 Å². The van der Waals surface area contributed by atoms with Crippen molar-refractivity contribution in [2.24, 2.45) is 0 Å². The Kier molecular flexibility index (Phi) is 24.5. The molecule has 0 heterocycles. The molecule has 8 nitrogen and oxygen atoms in total. The van der Waals surface area contributed by atoms with Crippen LogP contribution in [0.3, 0.4) is 0 Å². The summed E-state index contributed by atoms with van der Waals surface area (Å²) in [7, 11) is -8.22. The molecule has 3 N–H and O–H groups in total. The Morgan fingerprint density at radius 3 is 1.47 bits per heavy atom. The first-order chi connectivity index (χ1) is 6.42. The molecule has 2 atom stereocenters. The topological polar surface area (TPSA) is 144 Å². The Labute approximate surface area is 201 Å². The second kappa shape index (κ2) is 13.5. The molecule has 14 heteroatoms. The third-order valence-corrected chi connectivity index (χ3v) is 5.57. The fourth-order valence-electron chi connectivity index (χ4n) is 0.816. The van der Waals surface area contributed by atoms with E-state index in [9.17, 15) is 24.0 Å². The van der Waals surface area contributed by atoms with Crippen LogP contribution in [0.5, 0.6) is 0 Å². The summed E-state index contributed by atoms with van der Waals surface area (Å²) in [6.45, 7) is -0.143. The number of rotatable bonds is 5. The van der Waals surface area contributed by atoms with Crippen LogP contribution in [0.2, 0.25) is 0 Å². The number of hydrogen-bond acceptors (Lipinski definition) is 6. The van der Waals surface area contributed by atoms with E-state index in [-0.39, 0.29) is 125 Å². The zero-order valence-corrected chi connectivity index (χ0v) is 22.0. The predicted molar refractivity (Wildman–Crippen MR) is 59.3 cm³/mol. The second-order valence-electron chi connectivity index (χ2n) is 3.37. The van der Waals surface area contributed by atoms with Crippen LogP contribution >= 0.6 is 15.2 Å². The standard InChI is InChI=1S/C5H15NO7P2.4Na/c1-6(2)4-3-5(7,14(8,9)10)15(11,12)13;;;;/h7H,3-4H2,1-2H3,(H2,8,9,10)(H2,11,12,13);;;;/q;;;2*+1/p-2. The fourth-order valence-corrected chi connectivity index (χ4v) is 2.86. The summed E-state index contributed by atoms with van der Waals surface area (Å²) in [6.07, 6.45) is -0.839. The maximum absolute atomic E-state index is 10.7. The van der Waals surface area contributed by atoms with Crippen LogP contribution in [0.1, 0.15) is 6.42 Å². The zero-order chi connectivity index (χ0) is 12.5. The first kappa shape index (κ1) is 34.5. The summed E-state index contributed by atoms with van der Waals surface area (Å²) in [5, 5.41) is 5.73. The minimum Gasteiger partial charge on any atom is -0.776 e. The van der Waals surface area contributed by atoms with Crippen LogP contribution in [-0.4, -0.2) is 105 Å². The van der Waals surface area contributed by atoms with Gasteiger partial charge in [-0.1, -0.05) is 0 Å². The van der Waals surface area contributed by atoms with E-state index < -0.39 is 26.7 Å². The van der Waals surface area contributed by atoms with Crippen molar-refractivity contribution in [2.75, 3.05) is 20.6 Å². The average molecular weight is 353 g/mol. The summed E-state index contributed by atoms with van der Waals surface area (Å²) in [6, 6.07) is 0. The minimum atomic E-state index is -5.61. The van der Waals surface area contributed by atoms with E-state index in [4.69, 9.17) is 9.79 Å². The fraction of sp³-hybridized carbons (Fsp3) is 1.00. The second-order valence-corrected chi connectivity index (χ2v) is 7.28. The van der Waals surface area contributed by atoms with Crippen LogP contribution in [0, 0.1) is 0 Å². The Hall–Kier alpha value is 4.22. The van der Waals surface area contributed by atoms with Crippen molar-refractivity contribution in [3.63, 3.8) is 0 Å². The molecule has 0 amide bonds. The molecule has 0 bridgehead atoms. The van der Waals surface area contributed by atoms with Gasteiger partial charge in [-0.05, 0) is 14.1 Å². The van der Waals surface area contributed by atoms with Crippen LogP contribution in [-0.2, 0) is 9.13 Å². The van der Waals surface area contributed by atoms with Gasteiger partial charge < -0.3 is 38.7 Å². The quantitative estimate of drug-likeness (QED) is 0.327. The Balaban J connectivity index is -0.000000163. The van der Waals surface area contributed by atoms with Crippen molar-refractivity contribution in [2.45, 2.75) is 11.5 Å².